The molecule has 0 amide bonds. The van der Waals surface area contributed by atoms with Gasteiger partial charge in [0.1, 0.15) is 5.75 Å². The van der Waals surface area contributed by atoms with E-state index in [-0.39, 0.29) is 0 Å². The van der Waals surface area contributed by atoms with Crippen LogP contribution in [0.3, 0.4) is 0 Å². The molecule has 1 aliphatic heterocycles. The number of anilines is 2. The second kappa shape index (κ2) is 8.47. The van der Waals surface area contributed by atoms with Crippen LogP contribution < -0.4 is 15.0 Å². The molecule has 0 fully saturated rings. The second-order valence-corrected chi connectivity index (χ2v) is 8.09. The highest BCUT2D eigenvalue weighted by Gasteiger charge is 2.26. The van der Waals surface area contributed by atoms with Gasteiger partial charge in [-0.2, -0.15) is 0 Å². The Morgan fingerprint density at radius 2 is 2.04 bits per heavy atom. The SMILES string of the molecule is CCNC(CC)CCN1c2ccc(Br)cc2Sc2c(OC)cccc21. The van der Waals surface area contributed by atoms with E-state index in [0.29, 0.717) is 6.04 Å². The molecule has 1 heterocycles. The van der Waals surface area contributed by atoms with Crippen LogP contribution in [0, 0.1) is 0 Å². The molecule has 134 valence electrons. The lowest BCUT2D eigenvalue weighted by Gasteiger charge is -2.34. The highest BCUT2D eigenvalue weighted by molar-refractivity contribution is 9.10. The fourth-order valence-electron chi connectivity index (χ4n) is 3.28. The van der Waals surface area contributed by atoms with Gasteiger partial charge in [0.05, 0.1) is 23.4 Å². The van der Waals surface area contributed by atoms with E-state index in [9.17, 15) is 0 Å². The molecule has 0 bridgehead atoms. The van der Waals surface area contributed by atoms with Crippen LogP contribution in [-0.4, -0.2) is 26.2 Å². The van der Waals surface area contributed by atoms with Crippen molar-refractivity contribution in [2.24, 2.45) is 0 Å². The van der Waals surface area contributed by atoms with Crippen molar-refractivity contribution in [3.63, 3.8) is 0 Å². The van der Waals surface area contributed by atoms with Gasteiger partial charge in [-0.25, -0.2) is 0 Å². The predicted octanol–water partition coefficient (Wildman–Crippen LogP) is 5.84. The van der Waals surface area contributed by atoms with Crippen molar-refractivity contribution in [1.82, 2.24) is 5.32 Å². The highest BCUT2D eigenvalue weighted by Crippen LogP contribution is 2.52. The summed E-state index contributed by atoms with van der Waals surface area (Å²) < 4.78 is 6.73. The number of halogens is 1. The van der Waals surface area contributed by atoms with E-state index in [1.165, 1.54) is 21.2 Å². The smallest absolute Gasteiger partial charge is 0.134 e. The van der Waals surface area contributed by atoms with Gasteiger partial charge in [-0.05, 0) is 49.7 Å². The van der Waals surface area contributed by atoms with E-state index >= 15 is 0 Å². The number of ether oxygens (including phenoxy) is 1. The zero-order chi connectivity index (χ0) is 17.8. The Bertz CT molecular complexity index is 738. The summed E-state index contributed by atoms with van der Waals surface area (Å²) in [6.07, 6.45) is 2.26. The van der Waals surface area contributed by atoms with E-state index in [1.54, 1.807) is 18.9 Å². The monoisotopic (exact) mass is 420 g/mol. The van der Waals surface area contributed by atoms with Gasteiger partial charge in [-0.3, -0.25) is 0 Å². The fraction of sp³-hybridized carbons (Fsp3) is 0.400. The molecule has 2 aromatic rings. The summed E-state index contributed by atoms with van der Waals surface area (Å²) in [5.74, 6) is 0.942. The molecule has 0 aliphatic carbocycles. The summed E-state index contributed by atoms with van der Waals surface area (Å²) in [6, 6.07) is 13.4. The summed E-state index contributed by atoms with van der Waals surface area (Å²) >= 11 is 5.40. The van der Waals surface area contributed by atoms with Gasteiger partial charge in [0.25, 0.3) is 0 Å². The van der Waals surface area contributed by atoms with Crippen LogP contribution in [0.2, 0.25) is 0 Å². The molecule has 2 aromatic carbocycles. The van der Waals surface area contributed by atoms with Crippen LogP contribution in [0.15, 0.2) is 50.7 Å². The van der Waals surface area contributed by atoms with Gasteiger partial charge in [0, 0.05) is 22.0 Å². The molecule has 0 radical (unpaired) electrons. The minimum absolute atomic E-state index is 0.549. The fourth-order valence-corrected chi connectivity index (χ4v) is 5.01. The zero-order valence-corrected chi connectivity index (χ0v) is 17.4. The van der Waals surface area contributed by atoms with Gasteiger partial charge in [0.15, 0.2) is 0 Å². The van der Waals surface area contributed by atoms with Gasteiger partial charge >= 0.3 is 0 Å². The summed E-state index contributed by atoms with van der Waals surface area (Å²) in [7, 11) is 1.75. The second-order valence-electron chi connectivity index (χ2n) is 6.13. The van der Waals surface area contributed by atoms with Crippen LogP contribution in [0.4, 0.5) is 11.4 Å². The third-order valence-electron chi connectivity index (χ3n) is 4.58. The average Bonchev–Trinajstić information content (AvgIpc) is 2.63. The van der Waals surface area contributed by atoms with E-state index in [0.717, 1.165) is 36.2 Å². The van der Waals surface area contributed by atoms with Gasteiger partial charge in [-0.1, -0.05) is 47.6 Å². The number of hydrogen-bond acceptors (Lipinski definition) is 4. The van der Waals surface area contributed by atoms with Gasteiger partial charge < -0.3 is 15.0 Å². The number of rotatable bonds is 7. The van der Waals surface area contributed by atoms with Crippen LogP contribution >= 0.6 is 27.7 Å². The first kappa shape index (κ1) is 18.6. The molecule has 1 aliphatic rings. The van der Waals surface area contributed by atoms with Crippen molar-refractivity contribution < 1.29 is 4.74 Å². The zero-order valence-electron chi connectivity index (χ0n) is 15.0. The molecule has 1 atom stereocenters. The average molecular weight is 421 g/mol. The third-order valence-corrected chi connectivity index (χ3v) is 6.23. The summed E-state index contributed by atoms with van der Waals surface area (Å²) in [5.41, 5.74) is 2.52. The lowest BCUT2D eigenvalue weighted by Crippen LogP contribution is -2.33. The molecule has 0 saturated carbocycles. The summed E-state index contributed by atoms with van der Waals surface area (Å²) in [6.45, 7) is 6.43. The lowest BCUT2D eigenvalue weighted by molar-refractivity contribution is 0.404. The quantitative estimate of drug-likeness (QED) is 0.607. The van der Waals surface area contributed by atoms with Crippen molar-refractivity contribution in [2.45, 2.75) is 42.5 Å². The van der Waals surface area contributed by atoms with Crippen LogP contribution in [0.25, 0.3) is 0 Å². The maximum atomic E-state index is 5.62. The summed E-state index contributed by atoms with van der Waals surface area (Å²) in [5, 5.41) is 3.59. The van der Waals surface area contributed by atoms with Gasteiger partial charge in [0.2, 0.25) is 0 Å². The topological polar surface area (TPSA) is 24.5 Å². The van der Waals surface area contributed by atoms with E-state index in [1.807, 2.05) is 6.07 Å². The highest BCUT2D eigenvalue weighted by atomic mass is 79.9. The standard InChI is InChI=1S/C20H25BrN2OS/c1-4-15(22-5-2)11-12-23-16-10-9-14(21)13-19(16)25-20-17(23)7-6-8-18(20)24-3/h6-10,13,15,22H,4-5,11-12H2,1-3H3. The Morgan fingerprint density at radius 3 is 2.76 bits per heavy atom. The molecular formula is C20H25BrN2OS. The molecule has 5 heteroatoms. The normalized spacial score (nSPS) is 14.0. The van der Waals surface area contributed by atoms with Gasteiger partial charge in [-0.15, -0.1) is 0 Å². The van der Waals surface area contributed by atoms with E-state index in [4.69, 9.17) is 4.74 Å². The molecular weight excluding hydrogens is 396 g/mol. The largest absolute Gasteiger partial charge is 0.495 e. The molecule has 0 saturated heterocycles. The van der Waals surface area contributed by atoms with E-state index < -0.39 is 0 Å². The Labute approximate surface area is 163 Å². The van der Waals surface area contributed by atoms with Crippen LogP contribution in [-0.2, 0) is 0 Å². The molecule has 3 rings (SSSR count). The van der Waals surface area contributed by atoms with Crippen molar-refractivity contribution in [3.05, 3.63) is 40.9 Å². The van der Waals surface area contributed by atoms with Crippen LogP contribution in [0.1, 0.15) is 26.7 Å². The number of fused-ring (bicyclic) bond motifs is 2. The first-order valence-corrected chi connectivity index (χ1v) is 10.4. The number of nitrogens with one attached hydrogen (secondary N) is 1. The van der Waals surface area contributed by atoms with Crippen molar-refractivity contribution in [2.75, 3.05) is 25.1 Å². The predicted molar refractivity (Wildman–Crippen MR) is 111 cm³/mol. The molecule has 3 nitrogen and oxygen atoms in total. The number of methoxy groups -OCH3 is 1. The first-order chi connectivity index (χ1) is 12.2. The molecule has 1 N–H and O–H groups in total. The summed E-state index contributed by atoms with van der Waals surface area (Å²) in [4.78, 5) is 4.91. The Morgan fingerprint density at radius 1 is 1.20 bits per heavy atom. The maximum Gasteiger partial charge on any atom is 0.134 e. The Balaban J connectivity index is 1.96. The first-order valence-electron chi connectivity index (χ1n) is 8.83. The minimum atomic E-state index is 0.549. The Hall–Kier alpha value is -1.17. The van der Waals surface area contributed by atoms with Crippen molar-refractivity contribution in [3.8, 4) is 5.75 Å². The minimum Gasteiger partial charge on any atom is -0.495 e. The molecule has 25 heavy (non-hydrogen) atoms. The molecule has 0 spiro atoms. The number of hydrogen-bond donors (Lipinski definition) is 1. The molecule has 0 aromatic heterocycles. The third kappa shape index (κ3) is 3.99. The number of benzene rings is 2. The number of nitrogens with zero attached hydrogens (tertiary/aromatic N) is 1. The van der Waals surface area contributed by atoms with Crippen LogP contribution in [0.5, 0.6) is 5.75 Å². The molecule has 1 unspecified atom stereocenters. The van der Waals surface area contributed by atoms with E-state index in [2.05, 4.69) is 70.3 Å². The maximum absolute atomic E-state index is 5.62. The van der Waals surface area contributed by atoms with Crippen molar-refractivity contribution in [1.29, 1.82) is 0 Å². The Kier molecular flexibility index (Phi) is 6.31. The lowest BCUT2D eigenvalue weighted by atomic mass is 10.1. The van der Waals surface area contributed by atoms with Crippen molar-refractivity contribution >= 4 is 39.1 Å².